The number of aromatic nitrogens is 3. The highest BCUT2D eigenvalue weighted by Crippen LogP contribution is 2.23. The zero-order valence-corrected chi connectivity index (χ0v) is 12.0. The van der Waals surface area contributed by atoms with Gasteiger partial charge in [-0.2, -0.15) is 0 Å². The smallest absolute Gasteiger partial charge is 0.116 e. The van der Waals surface area contributed by atoms with Crippen molar-refractivity contribution in [3.05, 3.63) is 91.0 Å². The summed E-state index contributed by atoms with van der Waals surface area (Å²) in [6.45, 7) is 0. The van der Waals surface area contributed by atoms with Crippen molar-refractivity contribution in [2.24, 2.45) is 0 Å². The molecule has 0 saturated carbocycles. The van der Waals surface area contributed by atoms with Crippen LogP contribution in [0.25, 0.3) is 11.3 Å². The van der Waals surface area contributed by atoms with E-state index in [-0.39, 0.29) is 0 Å². The highest BCUT2D eigenvalue weighted by molar-refractivity contribution is 5.59. The molecule has 1 aliphatic heterocycles. The third kappa shape index (κ3) is 3.99. The van der Waals surface area contributed by atoms with Crippen molar-refractivity contribution in [2.75, 3.05) is 0 Å². The van der Waals surface area contributed by atoms with Crippen molar-refractivity contribution in [1.82, 2.24) is 15.0 Å². The van der Waals surface area contributed by atoms with Crippen molar-refractivity contribution >= 4 is 0 Å². The van der Waals surface area contributed by atoms with Crippen LogP contribution in [0.15, 0.2) is 84.1 Å². The van der Waals surface area contributed by atoms with Gasteiger partial charge in [-0.1, -0.05) is 24.3 Å². The van der Waals surface area contributed by atoms with E-state index in [2.05, 4.69) is 15.0 Å². The molecule has 108 valence electrons. The molecular weight excluding hydrogens is 274 g/mol. The summed E-state index contributed by atoms with van der Waals surface area (Å²) in [5, 5.41) is 0. The van der Waals surface area contributed by atoms with Gasteiger partial charge in [0, 0.05) is 30.6 Å². The summed E-state index contributed by atoms with van der Waals surface area (Å²) in [5.41, 5.74) is 3.00. The maximum Gasteiger partial charge on any atom is 0.116 e. The first-order valence-corrected chi connectivity index (χ1v) is 6.98. The Morgan fingerprint density at radius 2 is 1.82 bits per heavy atom. The van der Waals surface area contributed by atoms with Crippen molar-refractivity contribution in [3.63, 3.8) is 0 Å². The van der Waals surface area contributed by atoms with E-state index in [4.69, 9.17) is 4.42 Å². The van der Waals surface area contributed by atoms with Crippen LogP contribution in [0.5, 0.6) is 0 Å². The first-order chi connectivity index (χ1) is 10.9. The molecule has 0 spiro atoms. The minimum atomic E-state index is 0.851. The SMILES string of the molecule is c1ccncc2cccc-2ncncccc2c(occ1)C2. The highest BCUT2D eigenvalue weighted by atomic mass is 16.3. The normalized spacial score (nSPS) is 10.5. The summed E-state index contributed by atoms with van der Waals surface area (Å²) < 4.78 is 5.47. The molecule has 0 unspecified atom stereocenters. The Kier molecular flexibility index (Phi) is 4.52. The van der Waals surface area contributed by atoms with Gasteiger partial charge in [-0.15, -0.1) is 0 Å². The lowest BCUT2D eigenvalue weighted by Crippen LogP contribution is -1.74. The van der Waals surface area contributed by atoms with E-state index in [1.165, 1.54) is 11.9 Å². The van der Waals surface area contributed by atoms with Crippen molar-refractivity contribution in [2.45, 2.75) is 6.42 Å². The molecule has 0 aromatic heterocycles. The third-order valence-electron chi connectivity index (χ3n) is 3.04. The monoisotopic (exact) mass is 289 g/mol. The molecule has 0 saturated heterocycles. The van der Waals surface area contributed by atoms with E-state index in [1.54, 1.807) is 24.9 Å². The predicted octanol–water partition coefficient (Wildman–Crippen LogP) is 3.85. The van der Waals surface area contributed by atoms with E-state index in [1.807, 2.05) is 48.5 Å². The van der Waals surface area contributed by atoms with Gasteiger partial charge in [-0.05, 0) is 29.8 Å². The Morgan fingerprint density at radius 3 is 2.82 bits per heavy atom. The van der Waals surface area contributed by atoms with Gasteiger partial charge in [0.05, 0.1) is 12.0 Å². The largest absolute Gasteiger partial charge is 0.469 e. The van der Waals surface area contributed by atoms with Crippen molar-refractivity contribution in [3.8, 4) is 11.3 Å². The number of hydrogen-bond acceptors (Lipinski definition) is 4. The van der Waals surface area contributed by atoms with Crippen molar-refractivity contribution in [1.29, 1.82) is 0 Å². The predicted molar refractivity (Wildman–Crippen MR) is 84.4 cm³/mol. The highest BCUT2D eigenvalue weighted by Gasteiger charge is 2.15. The summed E-state index contributed by atoms with van der Waals surface area (Å²) in [4.78, 5) is 12.7. The average molecular weight is 289 g/mol. The Balaban J connectivity index is 2.00. The van der Waals surface area contributed by atoms with Gasteiger partial charge in [-0.25, -0.2) is 9.97 Å². The average Bonchev–Trinajstić information content (AvgIpc) is 3.12. The van der Waals surface area contributed by atoms with Gasteiger partial charge in [0.1, 0.15) is 12.1 Å². The fourth-order valence-electron chi connectivity index (χ4n) is 1.85. The third-order valence-corrected chi connectivity index (χ3v) is 3.04. The lowest BCUT2D eigenvalue weighted by atomic mass is 10.3. The molecule has 0 fully saturated rings. The lowest BCUT2D eigenvalue weighted by molar-refractivity contribution is 0.542. The summed E-state index contributed by atoms with van der Waals surface area (Å²) in [6, 6.07) is 15.3. The Morgan fingerprint density at radius 1 is 0.864 bits per heavy atom. The molecule has 2 aliphatic carbocycles. The standard InChI is InChI=1S/C18H15N3O/c1-2-9-19-13-16-6-4-8-17(16)21-14-20-10-5-7-15-12-18(15)22-11-3-1/h1-11,13-14H,12H2. The summed E-state index contributed by atoms with van der Waals surface area (Å²) in [7, 11) is 0. The number of nitrogens with zero attached hydrogens (tertiary/aromatic N) is 3. The van der Waals surface area contributed by atoms with Crippen LogP contribution in [0.3, 0.4) is 0 Å². The first kappa shape index (κ1) is 13.9. The van der Waals surface area contributed by atoms with Crippen molar-refractivity contribution < 1.29 is 4.42 Å². The molecule has 3 rings (SSSR count). The second kappa shape index (κ2) is 7.13. The summed E-state index contributed by atoms with van der Waals surface area (Å²) in [6.07, 6.45) is 9.29. The fraction of sp³-hybridized carbons (Fsp3) is 0.0556. The van der Waals surface area contributed by atoms with Crippen LogP contribution in [0.4, 0.5) is 0 Å². The minimum absolute atomic E-state index is 0.851. The molecule has 0 bridgehead atoms. The minimum Gasteiger partial charge on any atom is -0.469 e. The molecule has 0 N–H and O–H groups in total. The molecule has 4 nitrogen and oxygen atoms in total. The Bertz CT molecular complexity index is 797. The molecule has 4 heteroatoms. The maximum absolute atomic E-state index is 5.47. The van der Waals surface area contributed by atoms with Gasteiger partial charge in [0.25, 0.3) is 0 Å². The van der Waals surface area contributed by atoms with Crippen LogP contribution >= 0.6 is 0 Å². The Labute approximate surface area is 128 Å². The second-order valence-corrected chi connectivity index (χ2v) is 4.65. The summed E-state index contributed by atoms with van der Waals surface area (Å²) >= 11 is 0. The number of rotatable bonds is 0. The quantitative estimate of drug-likeness (QED) is 0.631. The van der Waals surface area contributed by atoms with Crippen LogP contribution in [0, 0.1) is 0 Å². The van der Waals surface area contributed by atoms with Gasteiger partial charge in [0.15, 0.2) is 0 Å². The summed E-state index contributed by atoms with van der Waals surface area (Å²) in [5.74, 6) is 0.993. The van der Waals surface area contributed by atoms with E-state index in [9.17, 15) is 0 Å². The zero-order chi connectivity index (χ0) is 15.0. The molecule has 0 aromatic rings. The number of hydrogen-bond donors (Lipinski definition) is 0. The van der Waals surface area contributed by atoms with Gasteiger partial charge >= 0.3 is 0 Å². The van der Waals surface area contributed by atoms with Gasteiger partial charge in [-0.3, -0.25) is 4.98 Å². The molecule has 0 amide bonds. The maximum atomic E-state index is 5.47. The van der Waals surface area contributed by atoms with E-state index < -0.39 is 0 Å². The Hall–Kier alpha value is -3.01. The molecule has 22 heavy (non-hydrogen) atoms. The topological polar surface area (TPSA) is 51.8 Å². The van der Waals surface area contributed by atoms with E-state index >= 15 is 0 Å². The van der Waals surface area contributed by atoms with Crippen LogP contribution in [-0.2, 0) is 6.42 Å². The molecule has 3 aliphatic rings. The zero-order valence-electron chi connectivity index (χ0n) is 12.0. The van der Waals surface area contributed by atoms with Crippen LogP contribution < -0.4 is 0 Å². The van der Waals surface area contributed by atoms with E-state index in [0.717, 1.165) is 23.4 Å². The molecule has 0 atom stereocenters. The van der Waals surface area contributed by atoms with Gasteiger partial charge < -0.3 is 4.42 Å². The van der Waals surface area contributed by atoms with Crippen LogP contribution in [-0.4, -0.2) is 15.0 Å². The first-order valence-electron chi connectivity index (χ1n) is 6.98. The second-order valence-electron chi connectivity index (χ2n) is 4.65. The van der Waals surface area contributed by atoms with E-state index in [0.29, 0.717) is 0 Å². The molecule has 1 heterocycles. The molecular formula is C18H15N3O. The molecule has 0 aromatic carbocycles. The lowest BCUT2D eigenvalue weighted by Gasteiger charge is -1.86. The fourth-order valence-corrected chi connectivity index (χ4v) is 1.85. The van der Waals surface area contributed by atoms with Crippen LogP contribution in [0.1, 0.15) is 11.3 Å². The van der Waals surface area contributed by atoms with Crippen LogP contribution in [0.2, 0.25) is 0 Å². The van der Waals surface area contributed by atoms with Gasteiger partial charge in [0.2, 0.25) is 0 Å². The molecule has 0 radical (unpaired) electrons. The number of fused-ring (bicyclic) bond motifs is 2.